The molecule has 0 saturated carbocycles. The largest absolute Gasteiger partial charge is 0.301 e. The Hall–Kier alpha value is -2.40. The quantitative estimate of drug-likeness (QED) is 0.887. The normalized spacial score (nSPS) is 13.5. The summed E-state index contributed by atoms with van der Waals surface area (Å²) in [6.45, 7) is 0.713. The molecule has 1 amide bonds. The molecule has 0 aromatic heterocycles. The summed E-state index contributed by atoms with van der Waals surface area (Å²) in [7, 11) is 0. The fourth-order valence-electron chi connectivity index (χ4n) is 2.20. The predicted octanol–water partition coefficient (Wildman–Crippen LogP) is 2.75. The van der Waals surface area contributed by atoms with E-state index in [1.54, 1.807) is 48.5 Å². The van der Waals surface area contributed by atoms with Gasteiger partial charge in [-0.25, -0.2) is 0 Å². The number of carbonyl (C=O) groups excluding carboxylic acids is 2. The number of rotatable bonds is 3. The summed E-state index contributed by atoms with van der Waals surface area (Å²) >= 11 is 1.51. The van der Waals surface area contributed by atoms with Gasteiger partial charge in [0.2, 0.25) is 0 Å². The van der Waals surface area contributed by atoms with Crippen LogP contribution < -0.4 is 5.32 Å². The molecule has 4 nitrogen and oxygen atoms in total. The molecule has 0 fully saturated rings. The number of carbonyl (C=O) groups is 2. The van der Waals surface area contributed by atoms with Crippen molar-refractivity contribution in [2.75, 3.05) is 12.3 Å². The SMILES string of the molecule is O=C(NC1=NCCS1)c1ccccc1C(=O)c1ccccc1. The lowest BCUT2D eigenvalue weighted by molar-refractivity contribution is 0.0963. The highest BCUT2D eigenvalue weighted by Crippen LogP contribution is 2.16. The van der Waals surface area contributed by atoms with Gasteiger partial charge in [0.25, 0.3) is 5.91 Å². The number of nitrogens with zero attached hydrogens (tertiary/aromatic N) is 1. The van der Waals surface area contributed by atoms with Gasteiger partial charge in [-0.2, -0.15) is 0 Å². The number of nitrogens with one attached hydrogen (secondary N) is 1. The standard InChI is InChI=1S/C17H14N2O2S/c20-15(12-6-2-1-3-7-12)13-8-4-5-9-14(13)16(21)19-17-18-10-11-22-17/h1-9H,10-11H2,(H,18,19,21). The summed E-state index contributed by atoms with van der Waals surface area (Å²) in [6.07, 6.45) is 0. The molecule has 2 aromatic rings. The van der Waals surface area contributed by atoms with Crippen molar-refractivity contribution in [1.82, 2.24) is 5.32 Å². The highest BCUT2D eigenvalue weighted by Gasteiger charge is 2.19. The van der Waals surface area contributed by atoms with Gasteiger partial charge in [0, 0.05) is 16.9 Å². The number of hydrogen-bond donors (Lipinski definition) is 1. The van der Waals surface area contributed by atoms with E-state index in [4.69, 9.17) is 0 Å². The van der Waals surface area contributed by atoms with Crippen LogP contribution in [0.1, 0.15) is 26.3 Å². The zero-order chi connectivity index (χ0) is 15.4. The molecule has 22 heavy (non-hydrogen) atoms. The zero-order valence-corrected chi connectivity index (χ0v) is 12.6. The first-order valence-electron chi connectivity index (χ1n) is 6.93. The number of amides is 1. The van der Waals surface area contributed by atoms with Crippen LogP contribution in [0.3, 0.4) is 0 Å². The van der Waals surface area contributed by atoms with Crippen LogP contribution in [0, 0.1) is 0 Å². The number of thioether (sulfide) groups is 1. The van der Waals surface area contributed by atoms with E-state index in [1.807, 2.05) is 6.07 Å². The van der Waals surface area contributed by atoms with E-state index in [0.29, 0.717) is 28.4 Å². The number of ketones is 1. The van der Waals surface area contributed by atoms with Crippen LogP contribution in [0.5, 0.6) is 0 Å². The van der Waals surface area contributed by atoms with E-state index in [9.17, 15) is 9.59 Å². The minimum absolute atomic E-state index is 0.160. The fourth-order valence-corrected chi connectivity index (χ4v) is 2.92. The molecule has 3 rings (SSSR count). The van der Waals surface area contributed by atoms with E-state index < -0.39 is 0 Å². The molecular weight excluding hydrogens is 296 g/mol. The Morgan fingerprint density at radius 1 is 0.955 bits per heavy atom. The van der Waals surface area contributed by atoms with Crippen molar-refractivity contribution in [2.24, 2.45) is 4.99 Å². The summed E-state index contributed by atoms with van der Waals surface area (Å²) in [4.78, 5) is 29.2. The summed E-state index contributed by atoms with van der Waals surface area (Å²) in [5.74, 6) is 0.417. The van der Waals surface area contributed by atoms with Gasteiger partial charge in [-0.1, -0.05) is 60.3 Å². The lowest BCUT2D eigenvalue weighted by Gasteiger charge is -2.09. The Balaban J connectivity index is 1.89. The highest BCUT2D eigenvalue weighted by atomic mass is 32.2. The maximum Gasteiger partial charge on any atom is 0.257 e. The van der Waals surface area contributed by atoms with Crippen molar-refractivity contribution >= 4 is 28.6 Å². The van der Waals surface area contributed by atoms with E-state index in [0.717, 1.165) is 5.75 Å². The number of aliphatic imine (C=N–C) groups is 1. The average molecular weight is 310 g/mol. The minimum atomic E-state index is -0.298. The maximum atomic E-state index is 12.6. The van der Waals surface area contributed by atoms with Gasteiger partial charge in [-0.3, -0.25) is 14.6 Å². The first kappa shape index (κ1) is 14.5. The fraction of sp³-hybridized carbons (Fsp3) is 0.118. The number of hydrogen-bond acceptors (Lipinski definition) is 4. The van der Waals surface area contributed by atoms with E-state index in [1.165, 1.54) is 11.8 Å². The van der Waals surface area contributed by atoms with Gasteiger partial charge in [0.05, 0.1) is 12.1 Å². The topological polar surface area (TPSA) is 58.5 Å². The van der Waals surface area contributed by atoms with Crippen LogP contribution in [0.4, 0.5) is 0 Å². The van der Waals surface area contributed by atoms with E-state index in [-0.39, 0.29) is 11.7 Å². The third-order valence-corrected chi connectivity index (χ3v) is 4.15. The average Bonchev–Trinajstić information content (AvgIpc) is 3.08. The Bertz CT molecular complexity index is 741. The highest BCUT2D eigenvalue weighted by molar-refractivity contribution is 8.14. The number of benzene rings is 2. The lowest BCUT2D eigenvalue weighted by Crippen LogP contribution is -2.29. The van der Waals surface area contributed by atoms with Gasteiger partial charge in [-0.15, -0.1) is 0 Å². The molecule has 1 aliphatic rings. The summed E-state index contributed by atoms with van der Waals surface area (Å²) in [5.41, 5.74) is 1.33. The summed E-state index contributed by atoms with van der Waals surface area (Å²) < 4.78 is 0. The van der Waals surface area contributed by atoms with Crippen LogP contribution in [-0.4, -0.2) is 29.2 Å². The van der Waals surface area contributed by atoms with Gasteiger partial charge in [0.1, 0.15) is 0 Å². The molecule has 0 aliphatic carbocycles. The molecule has 0 spiro atoms. The maximum absolute atomic E-state index is 12.6. The van der Waals surface area contributed by atoms with Crippen molar-refractivity contribution in [3.05, 3.63) is 71.3 Å². The Kier molecular flexibility index (Phi) is 4.34. The van der Waals surface area contributed by atoms with Gasteiger partial charge in [0.15, 0.2) is 11.0 Å². The summed E-state index contributed by atoms with van der Waals surface area (Å²) in [6, 6.07) is 15.8. The molecular formula is C17H14N2O2S. The second-order valence-corrected chi connectivity index (χ2v) is 5.81. The number of amidine groups is 1. The van der Waals surface area contributed by atoms with Crippen LogP contribution in [0.2, 0.25) is 0 Å². The Morgan fingerprint density at radius 2 is 1.64 bits per heavy atom. The van der Waals surface area contributed by atoms with Crippen molar-refractivity contribution in [3.8, 4) is 0 Å². The molecule has 0 radical (unpaired) electrons. The van der Waals surface area contributed by atoms with Crippen LogP contribution in [-0.2, 0) is 0 Å². The first-order chi connectivity index (χ1) is 10.8. The molecule has 0 unspecified atom stereocenters. The van der Waals surface area contributed by atoms with Gasteiger partial charge >= 0.3 is 0 Å². The van der Waals surface area contributed by atoms with Crippen molar-refractivity contribution < 1.29 is 9.59 Å². The monoisotopic (exact) mass is 310 g/mol. The van der Waals surface area contributed by atoms with E-state index >= 15 is 0 Å². The smallest absolute Gasteiger partial charge is 0.257 e. The van der Waals surface area contributed by atoms with E-state index in [2.05, 4.69) is 10.3 Å². The predicted molar refractivity (Wildman–Crippen MR) is 88.5 cm³/mol. The molecule has 5 heteroatoms. The van der Waals surface area contributed by atoms with Crippen molar-refractivity contribution in [2.45, 2.75) is 0 Å². The van der Waals surface area contributed by atoms with Crippen LogP contribution in [0.15, 0.2) is 59.6 Å². The van der Waals surface area contributed by atoms with Gasteiger partial charge in [-0.05, 0) is 6.07 Å². The molecule has 0 saturated heterocycles. The molecule has 1 heterocycles. The molecule has 1 N–H and O–H groups in total. The van der Waals surface area contributed by atoms with Gasteiger partial charge < -0.3 is 5.32 Å². The minimum Gasteiger partial charge on any atom is -0.301 e. The molecule has 0 bridgehead atoms. The van der Waals surface area contributed by atoms with Crippen LogP contribution >= 0.6 is 11.8 Å². The molecule has 2 aromatic carbocycles. The third kappa shape index (κ3) is 3.09. The van der Waals surface area contributed by atoms with Crippen molar-refractivity contribution in [1.29, 1.82) is 0 Å². The zero-order valence-electron chi connectivity index (χ0n) is 11.8. The second kappa shape index (κ2) is 6.58. The molecule has 1 aliphatic heterocycles. The Labute approximate surface area is 132 Å². The third-order valence-electron chi connectivity index (χ3n) is 3.26. The molecule has 110 valence electrons. The lowest BCUT2D eigenvalue weighted by atomic mass is 9.98. The first-order valence-corrected chi connectivity index (χ1v) is 7.91. The molecule has 0 atom stereocenters. The Morgan fingerprint density at radius 3 is 2.32 bits per heavy atom. The van der Waals surface area contributed by atoms with Crippen molar-refractivity contribution in [3.63, 3.8) is 0 Å². The second-order valence-electron chi connectivity index (χ2n) is 4.73. The summed E-state index contributed by atoms with van der Waals surface area (Å²) in [5, 5.41) is 3.38. The van der Waals surface area contributed by atoms with Crippen LogP contribution in [0.25, 0.3) is 0 Å².